The van der Waals surface area contributed by atoms with Gasteiger partial charge in [0, 0.05) is 44.8 Å². The Morgan fingerprint density at radius 3 is 2.48 bits per heavy atom. The summed E-state index contributed by atoms with van der Waals surface area (Å²) in [5.74, 6) is -0.923. The fourth-order valence-corrected chi connectivity index (χ4v) is 4.54. The molecule has 2 aliphatic rings. The van der Waals surface area contributed by atoms with Crippen LogP contribution in [0.15, 0.2) is 54.6 Å². The lowest BCUT2D eigenvalue weighted by molar-refractivity contribution is -0.137. The van der Waals surface area contributed by atoms with Crippen LogP contribution in [0.3, 0.4) is 0 Å². The molecule has 2 heterocycles. The van der Waals surface area contributed by atoms with Gasteiger partial charge in [-0.2, -0.15) is 0 Å². The van der Waals surface area contributed by atoms with Crippen molar-refractivity contribution < 1.29 is 18.8 Å². The van der Waals surface area contributed by atoms with Crippen LogP contribution < -0.4 is 5.32 Å². The SMILES string of the molecule is C[C@H](c1ccccc1)N1C[C@H](C(=O)N2CCN(CC(=O)Nc3cccc(F)c3)CC2)CC1=O. The van der Waals surface area contributed by atoms with E-state index in [4.69, 9.17) is 0 Å². The number of nitrogens with zero attached hydrogens (tertiary/aromatic N) is 3. The second-order valence-electron chi connectivity index (χ2n) is 8.69. The van der Waals surface area contributed by atoms with Crippen molar-refractivity contribution >= 4 is 23.4 Å². The summed E-state index contributed by atoms with van der Waals surface area (Å²) >= 11 is 0. The topological polar surface area (TPSA) is 73.0 Å². The molecule has 2 aromatic rings. The predicted octanol–water partition coefficient (Wildman–Crippen LogP) is 2.52. The summed E-state index contributed by atoms with van der Waals surface area (Å²) in [7, 11) is 0. The number of likely N-dealkylation sites (tertiary alicyclic amines) is 1. The van der Waals surface area contributed by atoms with E-state index in [1.54, 1.807) is 21.9 Å². The van der Waals surface area contributed by atoms with Crippen molar-refractivity contribution in [2.75, 3.05) is 44.6 Å². The lowest BCUT2D eigenvalue weighted by atomic mass is 10.1. The molecule has 1 N–H and O–H groups in total. The first-order chi connectivity index (χ1) is 15.9. The molecule has 0 aliphatic carbocycles. The number of rotatable bonds is 6. The highest BCUT2D eigenvalue weighted by molar-refractivity contribution is 5.92. The monoisotopic (exact) mass is 452 g/mol. The fourth-order valence-electron chi connectivity index (χ4n) is 4.54. The first-order valence-electron chi connectivity index (χ1n) is 11.3. The molecule has 0 spiro atoms. The number of halogens is 1. The van der Waals surface area contributed by atoms with Crippen molar-refractivity contribution in [2.24, 2.45) is 5.92 Å². The summed E-state index contributed by atoms with van der Waals surface area (Å²) in [5.41, 5.74) is 1.48. The molecule has 0 aromatic heterocycles. The molecule has 0 saturated carbocycles. The van der Waals surface area contributed by atoms with Crippen LogP contribution in [0.25, 0.3) is 0 Å². The molecule has 174 valence electrons. The highest BCUT2D eigenvalue weighted by Crippen LogP contribution is 2.29. The Kier molecular flexibility index (Phi) is 7.03. The van der Waals surface area contributed by atoms with Crippen LogP contribution >= 0.6 is 0 Å². The first kappa shape index (κ1) is 22.9. The van der Waals surface area contributed by atoms with Gasteiger partial charge in [0.15, 0.2) is 0 Å². The molecule has 2 fully saturated rings. The van der Waals surface area contributed by atoms with Crippen molar-refractivity contribution in [3.8, 4) is 0 Å². The largest absolute Gasteiger partial charge is 0.340 e. The van der Waals surface area contributed by atoms with Gasteiger partial charge < -0.3 is 15.1 Å². The minimum Gasteiger partial charge on any atom is -0.340 e. The van der Waals surface area contributed by atoms with Crippen LogP contribution in [0.5, 0.6) is 0 Å². The molecular weight excluding hydrogens is 423 g/mol. The number of amides is 3. The molecule has 0 radical (unpaired) electrons. The van der Waals surface area contributed by atoms with Gasteiger partial charge in [-0.05, 0) is 30.7 Å². The molecule has 2 aromatic carbocycles. The number of carbonyl (C=O) groups is 3. The molecular formula is C25H29FN4O3. The number of piperazine rings is 1. The number of carbonyl (C=O) groups excluding carboxylic acids is 3. The molecule has 33 heavy (non-hydrogen) atoms. The summed E-state index contributed by atoms with van der Waals surface area (Å²) in [6, 6.07) is 15.6. The molecule has 0 unspecified atom stereocenters. The van der Waals surface area contributed by atoms with Crippen molar-refractivity contribution in [3.63, 3.8) is 0 Å². The normalized spacial score (nSPS) is 20.1. The van der Waals surface area contributed by atoms with Gasteiger partial charge >= 0.3 is 0 Å². The predicted molar refractivity (Wildman–Crippen MR) is 123 cm³/mol. The van der Waals surface area contributed by atoms with E-state index in [9.17, 15) is 18.8 Å². The molecule has 2 saturated heterocycles. The van der Waals surface area contributed by atoms with Gasteiger partial charge in [0.05, 0.1) is 18.5 Å². The summed E-state index contributed by atoms with van der Waals surface area (Å²) in [5, 5.41) is 2.70. The van der Waals surface area contributed by atoms with Crippen LogP contribution in [0.4, 0.5) is 10.1 Å². The van der Waals surface area contributed by atoms with E-state index in [-0.39, 0.29) is 42.6 Å². The van der Waals surface area contributed by atoms with Gasteiger partial charge in [-0.15, -0.1) is 0 Å². The lowest BCUT2D eigenvalue weighted by Gasteiger charge is -2.35. The maximum atomic E-state index is 13.3. The lowest BCUT2D eigenvalue weighted by Crippen LogP contribution is -2.52. The average Bonchev–Trinajstić information content (AvgIpc) is 3.20. The zero-order valence-corrected chi connectivity index (χ0v) is 18.7. The second-order valence-corrected chi connectivity index (χ2v) is 8.69. The zero-order valence-electron chi connectivity index (χ0n) is 18.7. The average molecular weight is 453 g/mol. The van der Waals surface area contributed by atoms with E-state index in [0.29, 0.717) is 38.4 Å². The van der Waals surface area contributed by atoms with Crippen molar-refractivity contribution in [2.45, 2.75) is 19.4 Å². The van der Waals surface area contributed by atoms with Crippen molar-refractivity contribution in [1.29, 1.82) is 0 Å². The number of benzene rings is 2. The Morgan fingerprint density at radius 2 is 1.79 bits per heavy atom. The van der Waals surface area contributed by atoms with E-state index in [2.05, 4.69) is 5.32 Å². The summed E-state index contributed by atoms with van der Waals surface area (Å²) in [4.78, 5) is 43.5. The third kappa shape index (κ3) is 5.57. The third-order valence-corrected chi connectivity index (χ3v) is 6.42. The Morgan fingerprint density at radius 1 is 1.06 bits per heavy atom. The van der Waals surface area contributed by atoms with Crippen LogP contribution in [-0.2, 0) is 14.4 Å². The van der Waals surface area contributed by atoms with E-state index >= 15 is 0 Å². The van der Waals surface area contributed by atoms with Gasteiger partial charge in [0.2, 0.25) is 17.7 Å². The number of hydrogen-bond acceptors (Lipinski definition) is 4. The fraction of sp³-hybridized carbons (Fsp3) is 0.400. The maximum absolute atomic E-state index is 13.3. The Bertz CT molecular complexity index is 1010. The summed E-state index contributed by atoms with van der Waals surface area (Å²) in [6.07, 6.45) is 0.242. The van der Waals surface area contributed by atoms with Crippen molar-refractivity contribution in [3.05, 3.63) is 66.0 Å². The van der Waals surface area contributed by atoms with Gasteiger partial charge in [-0.3, -0.25) is 19.3 Å². The summed E-state index contributed by atoms with van der Waals surface area (Å²) < 4.78 is 13.3. The molecule has 7 nitrogen and oxygen atoms in total. The van der Waals surface area contributed by atoms with Gasteiger partial charge in [0.1, 0.15) is 5.82 Å². The molecule has 0 bridgehead atoms. The van der Waals surface area contributed by atoms with E-state index in [0.717, 1.165) is 5.56 Å². The highest BCUT2D eigenvalue weighted by Gasteiger charge is 2.39. The number of hydrogen-bond donors (Lipinski definition) is 1. The van der Waals surface area contributed by atoms with Gasteiger partial charge in [-0.1, -0.05) is 36.4 Å². The number of anilines is 1. The Labute approximate surface area is 193 Å². The van der Waals surface area contributed by atoms with Crippen LogP contribution in [0.2, 0.25) is 0 Å². The van der Waals surface area contributed by atoms with E-state index in [1.807, 2.05) is 42.2 Å². The summed E-state index contributed by atoms with van der Waals surface area (Å²) in [6.45, 7) is 4.80. The minimum atomic E-state index is -0.401. The third-order valence-electron chi connectivity index (χ3n) is 6.42. The van der Waals surface area contributed by atoms with E-state index in [1.165, 1.54) is 12.1 Å². The van der Waals surface area contributed by atoms with Gasteiger partial charge in [-0.25, -0.2) is 4.39 Å². The van der Waals surface area contributed by atoms with Crippen LogP contribution in [0, 0.1) is 11.7 Å². The molecule has 8 heteroatoms. The number of nitrogens with one attached hydrogen (secondary N) is 1. The first-order valence-corrected chi connectivity index (χ1v) is 11.3. The van der Waals surface area contributed by atoms with Gasteiger partial charge in [0.25, 0.3) is 0 Å². The van der Waals surface area contributed by atoms with Crippen LogP contribution in [-0.4, -0.2) is 71.7 Å². The second kappa shape index (κ2) is 10.1. The molecule has 4 rings (SSSR count). The minimum absolute atomic E-state index is 0.00924. The quantitative estimate of drug-likeness (QED) is 0.731. The van der Waals surface area contributed by atoms with Crippen LogP contribution in [0.1, 0.15) is 24.9 Å². The van der Waals surface area contributed by atoms with E-state index < -0.39 is 5.82 Å². The van der Waals surface area contributed by atoms with Crippen molar-refractivity contribution in [1.82, 2.24) is 14.7 Å². The molecule has 3 amide bonds. The Hall–Kier alpha value is -3.26. The molecule has 2 aliphatic heterocycles. The zero-order chi connectivity index (χ0) is 23.4. The smallest absolute Gasteiger partial charge is 0.238 e. The maximum Gasteiger partial charge on any atom is 0.238 e. The Balaban J connectivity index is 1.25. The standard InChI is InChI=1S/C25H29FN4O3/c1-18(19-6-3-2-4-7-19)30-16-20(14-24(30)32)25(33)29-12-10-28(11-13-29)17-23(31)27-22-9-5-8-21(26)15-22/h2-9,15,18,20H,10-14,16-17H2,1H3,(H,27,31)/t18-,20-/m1/s1. The molecule has 2 atom stereocenters. The highest BCUT2D eigenvalue weighted by atomic mass is 19.1.